The highest BCUT2D eigenvalue weighted by molar-refractivity contribution is 5.68. The molecule has 0 radical (unpaired) electrons. The molecule has 0 saturated carbocycles. The molecule has 0 aliphatic carbocycles. The molecule has 0 saturated heterocycles. The predicted octanol–water partition coefficient (Wildman–Crippen LogP) is 3.77. The first-order chi connectivity index (χ1) is 12.1. The van der Waals surface area contributed by atoms with Gasteiger partial charge in [0.25, 0.3) is 0 Å². The molecule has 3 aromatic rings. The number of aromatic nitrogens is 4. The maximum absolute atomic E-state index is 5.98. The minimum atomic E-state index is -0.272. The molecule has 0 unspecified atom stereocenters. The molecule has 5 nitrogen and oxygen atoms in total. The number of ether oxygens (including phenoxy) is 1. The van der Waals surface area contributed by atoms with E-state index in [1.54, 1.807) is 0 Å². The molecule has 0 fully saturated rings. The normalized spacial score (nSPS) is 14.8. The van der Waals surface area contributed by atoms with Crippen LogP contribution in [0.25, 0.3) is 17.5 Å². The van der Waals surface area contributed by atoms with Gasteiger partial charge in [-0.2, -0.15) is 0 Å². The van der Waals surface area contributed by atoms with Gasteiger partial charge in [-0.25, -0.2) is 4.68 Å². The van der Waals surface area contributed by atoms with Crippen LogP contribution < -0.4 is 4.74 Å². The van der Waals surface area contributed by atoms with Crippen molar-refractivity contribution in [1.82, 2.24) is 20.2 Å². The zero-order valence-corrected chi connectivity index (χ0v) is 14.4. The predicted molar refractivity (Wildman–Crippen MR) is 97.1 cm³/mol. The molecule has 25 heavy (non-hydrogen) atoms. The Bertz CT molecular complexity index is 912. The fourth-order valence-corrected chi connectivity index (χ4v) is 2.96. The van der Waals surface area contributed by atoms with Crippen molar-refractivity contribution in [2.24, 2.45) is 0 Å². The Morgan fingerprint density at radius 2 is 1.92 bits per heavy atom. The van der Waals surface area contributed by atoms with Crippen LogP contribution in [0.1, 0.15) is 25.0 Å². The van der Waals surface area contributed by atoms with Crippen LogP contribution in [0, 0.1) is 0 Å². The zero-order valence-electron chi connectivity index (χ0n) is 14.4. The van der Waals surface area contributed by atoms with E-state index in [9.17, 15) is 0 Å². The number of tetrazole rings is 1. The second-order valence-electron chi connectivity index (χ2n) is 6.75. The first-order valence-electron chi connectivity index (χ1n) is 8.43. The maximum Gasteiger partial charge on any atom is 0.182 e. The van der Waals surface area contributed by atoms with Crippen molar-refractivity contribution in [2.45, 2.75) is 32.4 Å². The Morgan fingerprint density at radius 1 is 1.08 bits per heavy atom. The Balaban J connectivity index is 1.58. The maximum atomic E-state index is 5.98. The highest BCUT2D eigenvalue weighted by Gasteiger charge is 2.22. The Hall–Kier alpha value is -2.95. The quantitative estimate of drug-likeness (QED) is 0.730. The summed E-state index contributed by atoms with van der Waals surface area (Å²) < 4.78 is 7.84. The van der Waals surface area contributed by atoms with E-state index >= 15 is 0 Å². The molecule has 0 amide bonds. The molecule has 4 rings (SSSR count). The van der Waals surface area contributed by atoms with E-state index in [0.29, 0.717) is 0 Å². The topological polar surface area (TPSA) is 52.8 Å². The molecule has 5 heteroatoms. The number of hydrogen-bond donors (Lipinski definition) is 0. The summed E-state index contributed by atoms with van der Waals surface area (Å²) in [5.41, 5.74) is 3.04. The van der Waals surface area contributed by atoms with Gasteiger partial charge in [0, 0.05) is 17.7 Å². The van der Waals surface area contributed by atoms with E-state index in [-0.39, 0.29) is 5.60 Å². The largest absolute Gasteiger partial charge is 0.483 e. The van der Waals surface area contributed by atoms with Gasteiger partial charge in [0.15, 0.2) is 5.82 Å². The fraction of sp³-hybridized carbons (Fsp3) is 0.250. The van der Waals surface area contributed by atoms with Crippen LogP contribution in [0.5, 0.6) is 5.75 Å². The number of benzene rings is 2. The van der Waals surface area contributed by atoms with Crippen LogP contribution in [0.3, 0.4) is 0 Å². The molecule has 2 aromatic carbocycles. The van der Waals surface area contributed by atoms with Gasteiger partial charge in [-0.3, -0.25) is 0 Å². The molecule has 1 aliphatic heterocycles. The summed E-state index contributed by atoms with van der Waals surface area (Å²) in [6.07, 6.45) is 5.05. The van der Waals surface area contributed by atoms with Crippen molar-refractivity contribution in [1.29, 1.82) is 0 Å². The summed E-state index contributed by atoms with van der Waals surface area (Å²) in [6.45, 7) is 4.83. The summed E-state index contributed by atoms with van der Waals surface area (Å²) in [5.74, 6) is 1.66. The SMILES string of the molecule is CC1(C)C=Cc2cc(-c3nnnn3CCc3ccccc3)ccc2O1. The van der Waals surface area contributed by atoms with E-state index < -0.39 is 0 Å². The van der Waals surface area contributed by atoms with Gasteiger partial charge in [0.2, 0.25) is 0 Å². The molecule has 2 heterocycles. The third kappa shape index (κ3) is 3.31. The highest BCUT2D eigenvalue weighted by atomic mass is 16.5. The van der Waals surface area contributed by atoms with Crippen LogP contribution in [-0.4, -0.2) is 25.8 Å². The molecule has 0 atom stereocenters. The fourth-order valence-electron chi connectivity index (χ4n) is 2.96. The minimum absolute atomic E-state index is 0.272. The molecular weight excluding hydrogens is 312 g/mol. The standard InChI is InChI=1S/C20H20N4O/c1-20(2)12-10-16-14-17(8-9-18(16)25-20)19-21-22-23-24(19)13-11-15-6-4-3-5-7-15/h3-10,12,14H,11,13H2,1-2H3. The van der Waals surface area contributed by atoms with Crippen molar-refractivity contribution in [2.75, 3.05) is 0 Å². The van der Waals surface area contributed by atoms with Gasteiger partial charge in [-0.05, 0) is 60.5 Å². The molecule has 1 aromatic heterocycles. The molecule has 0 spiro atoms. The van der Waals surface area contributed by atoms with Crippen LogP contribution in [0.2, 0.25) is 0 Å². The van der Waals surface area contributed by atoms with E-state index in [1.165, 1.54) is 5.56 Å². The number of hydrogen-bond acceptors (Lipinski definition) is 4. The van der Waals surface area contributed by atoms with Crippen molar-refractivity contribution >= 4 is 6.08 Å². The minimum Gasteiger partial charge on any atom is -0.483 e. The summed E-state index contributed by atoms with van der Waals surface area (Å²) in [7, 11) is 0. The van der Waals surface area contributed by atoms with Crippen molar-refractivity contribution in [3.05, 3.63) is 65.7 Å². The highest BCUT2D eigenvalue weighted by Crippen LogP contribution is 2.33. The van der Waals surface area contributed by atoms with E-state index in [4.69, 9.17) is 4.74 Å². The molecule has 0 bridgehead atoms. The Morgan fingerprint density at radius 3 is 2.76 bits per heavy atom. The zero-order chi connectivity index (χ0) is 17.3. The van der Waals surface area contributed by atoms with Gasteiger partial charge in [0.05, 0.1) is 0 Å². The third-order valence-electron chi connectivity index (χ3n) is 4.29. The number of aryl methyl sites for hydroxylation is 2. The number of fused-ring (bicyclic) bond motifs is 1. The summed E-state index contributed by atoms with van der Waals surface area (Å²) in [4.78, 5) is 0. The second kappa shape index (κ2) is 6.16. The third-order valence-corrected chi connectivity index (χ3v) is 4.29. The van der Waals surface area contributed by atoms with E-state index in [1.807, 2.05) is 48.9 Å². The monoisotopic (exact) mass is 332 g/mol. The van der Waals surface area contributed by atoms with Crippen molar-refractivity contribution < 1.29 is 4.74 Å². The average molecular weight is 332 g/mol. The first kappa shape index (κ1) is 15.6. The molecule has 1 aliphatic rings. The Kier molecular flexibility index (Phi) is 3.84. The molecule has 0 N–H and O–H groups in total. The van der Waals surface area contributed by atoms with Gasteiger partial charge >= 0.3 is 0 Å². The van der Waals surface area contributed by atoms with E-state index in [2.05, 4.69) is 45.9 Å². The Labute approximate surface area is 147 Å². The lowest BCUT2D eigenvalue weighted by atomic mass is 10.0. The average Bonchev–Trinajstić information content (AvgIpc) is 3.08. The number of nitrogens with zero attached hydrogens (tertiary/aromatic N) is 4. The van der Waals surface area contributed by atoms with Crippen molar-refractivity contribution in [3.8, 4) is 17.1 Å². The summed E-state index contributed by atoms with van der Waals surface area (Å²) in [5, 5.41) is 12.2. The van der Waals surface area contributed by atoms with Gasteiger partial charge < -0.3 is 4.74 Å². The van der Waals surface area contributed by atoms with Gasteiger partial charge in [0.1, 0.15) is 11.4 Å². The van der Waals surface area contributed by atoms with Crippen LogP contribution >= 0.6 is 0 Å². The summed E-state index contributed by atoms with van der Waals surface area (Å²) >= 11 is 0. The van der Waals surface area contributed by atoms with Crippen LogP contribution in [0.15, 0.2) is 54.6 Å². The van der Waals surface area contributed by atoms with Crippen molar-refractivity contribution in [3.63, 3.8) is 0 Å². The smallest absolute Gasteiger partial charge is 0.182 e. The lowest BCUT2D eigenvalue weighted by Crippen LogP contribution is -2.27. The number of rotatable bonds is 4. The van der Waals surface area contributed by atoms with Crippen LogP contribution in [-0.2, 0) is 13.0 Å². The van der Waals surface area contributed by atoms with Gasteiger partial charge in [-0.1, -0.05) is 36.4 Å². The van der Waals surface area contributed by atoms with Gasteiger partial charge in [-0.15, -0.1) is 5.10 Å². The lowest BCUT2D eigenvalue weighted by Gasteiger charge is -2.27. The summed E-state index contributed by atoms with van der Waals surface area (Å²) in [6, 6.07) is 16.4. The van der Waals surface area contributed by atoms with E-state index in [0.717, 1.165) is 35.7 Å². The molecule has 126 valence electrons. The second-order valence-corrected chi connectivity index (χ2v) is 6.75. The lowest BCUT2D eigenvalue weighted by molar-refractivity contribution is 0.159. The van der Waals surface area contributed by atoms with Crippen LogP contribution in [0.4, 0.5) is 0 Å². The first-order valence-corrected chi connectivity index (χ1v) is 8.43. The molecular formula is C20H20N4O.